The highest BCUT2D eigenvalue weighted by Crippen LogP contribution is 2.38. The number of amides is 2. The summed E-state index contributed by atoms with van der Waals surface area (Å²) < 4.78 is 5.31. The van der Waals surface area contributed by atoms with Crippen molar-refractivity contribution in [2.75, 3.05) is 19.7 Å². The SMILES string of the molecule is CC(C)(C)OC(=O)NC(CCO)C(=O)N1CCC(=C2c3ccccc3C=Cc3ccccc32)CC1. The highest BCUT2D eigenvalue weighted by Gasteiger charge is 2.30. The molecule has 1 aliphatic carbocycles. The van der Waals surface area contributed by atoms with E-state index in [-0.39, 0.29) is 18.9 Å². The van der Waals surface area contributed by atoms with Gasteiger partial charge in [0.15, 0.2) is 0 Å². The molecular formula is C29H34N2O4. The molecule has 4 rings (SSSR count). The predicted molar refractivity (Wildman–Crippen MR) is 139 cm³/mol. The molecule has 2 amide bonds. The first-order chi connectivity index (χ1) is 16.8. The standard InChI is InChI=1S/C29H34N2O4/c1-29(2,3)35-28(34)30-25(16-19-32)27(33)31-17-14-22(15-18-31)26-23-10-6-4-8-20(23)12-13-21-9-5-7-11-24(21)26/h4-13,25,32H,14-19H2,1-3H3,(H,30,34). The van der Waals surface area contributed by atoms with Gasteiger partial charge in [0.2, 0.25) is 5.91 Å². The fourth-order valence-electron chi connectivity index (χ4n) is 4.75. The average molecular weight is 475 g/mol. The van der Waals surface area contributed by atoms with Gasteiger partial charge in [-0.25, -0.2) is 4.79 Å². The van der Waals surface area contributed by atoms with Gasteiger partial charge in [0, 0.05) is 19.7 Å². The molecule has 1 aliphatic heterocycles. The van der Waals surface area contributed by atoms with Gasteiger partial charge in [0.25, 0.3) is 0 Å². The van der Waals surface area contributed by atoms with E-state index in [1.54, 1.807) is 25.7 Å². The molecule has 6 heteroatoms. The van der Waals surface area contributed by atoms with E-state index in [2.05, 4.69) is 66.0 Å². The van der Waals surface area contributed by atoms with Crippen LogP contribution >= 0.6 is 0 Å². The lowest BCUT2D eigenvalue weighted by Crippen LogP contribution is -2.51. The number of hydrogen-bond acceptors (Lipinski definition) is 4. The van der Waals surface area contributed by atoms with Crippen LogP contribution in [-0.2, 0) is 9.53 Å². The maximum Gasteiger partial charge on any atom is 0.408 e. The average Bonchev–Trinajstić information content (AvgIpc) is 2.99. The minimum Gasteiger partial charge on any atom is -0.444 e. The Labute approximate surface area is 207 Å². The van der Waals surface area contributed by atoms with Crippen LogP contribution in [0.3, 0.4) is 0 Å². The molecule has 2 aliphatic rings. The topological polar surface area (TPSA) is 78.9 Å². The molecule has 0 radical (unpaired) electrons. The zero-order valence-corrected chi connectivity index (χ0v) is 20.7. The summed E-state index contributed by atoms with van der Waals surface area (Å²) in [5.74, 6) is -0.183. The van der Waals surface area contributed by atoms with Crippen molar-refractivity contribution >= 4 is 29.7 Å². The molecule has 184 valence electrons. The van der Waals surface area contributed by atoms with Gasteiger partial charge in [0.05, 0.1) is 0 Å². The maximum atomic E-state index is 13.2. The number of piperidine rings is 1. The van der Waals surface area contributed by atoms with E-state index >= 15 is 0 Å². The van der Waals surface area contributed by atoms with E-state index in [0.717, 1.165) is 12.8 Å². The number of nitrogens with zero attached hydrogens (tertiary/aromatic N) is 1. The Morgan fingerprint density at radius 1 is 0.971 bits per heavy atom. The van der Waals surface area contributed by atoms with Crippen LogP contribution in [0.2, 0.25) is 0 Å². The second kappa shape index (κ2) is 10.5. The first-order valence-electron chi connectivity index (χ1n) is 12.2. The van der Waals surface area contributed by atoms with Crippen molar-refractivity contribution in [3.63, 3.8) is 0 Å². The molecule has 1 heterocycles. The number of alkyl carbamates (subject to hydrolysis) is 1. The van der Waals surface area contributed by atoms with Crippen molar-refractivity contribution < 1.29 is 19.4 Å². The highest BCUT2D eigenvalue weighted by molar-refractivity contribution is 5.95. The number of nitrogens with one attached hydrogen (secondary N) is 1. The molecule has 1 unspecified atom stereocenters. The lowest BCUT2D eigenvalue weighted by atomic mass is 9.86. The zero-order chi connectivity index (χ0) is 25.0. The van der Waals surface area contributed by atoms with E-state index in [9.17, 15) is 14.7 Å². The van der Waals surface area contributed by atoms with Crippen molar-refractivity contribution in [1.82, 2.24) is 10.2 Å². The summed E-state index contributed by atoms with van der Waals surface area (Å²) in [6.45, 7) is 6.24. The summed E-state index contributed by atoms with van der Waals surface area (Å²) in [5, 5.41) is 12.1. The molecular weight excluding hydrogens is 440 g/mol. The van der Waals surface area contributed by atoms with Gasteiger partial charge >= 0.3 is 6.09 Å². The molecule has 1 atom stereocenters. The highest BCUT2D eigenvalue weighted by atomic mass is 16.6. The Morgan fingerprint density at radius 2 is 1.51 bits per heavy atom. The quantitative estimate of drug-likeness (QED) is 0.565. The Kier molecular flexibility index (Phi) is 7.41. The monoisotopic (exact) mass is 474 g/mol. The first kappa shape index (κ1) is 24.7. The third-order valence-corrected chi connectivity index (χ3v) is 6.34. The Balaban J connectivity index is 1.55. The number of aliphatic hydroxyl groups is 1. The van der Waals surface area contributed by atoms with Crippen LogP contribution in [0, 0.1) is 0 Å². The lowest BCUT2D eigenvalue weighted by Gasteiger charge is -2.33. The normalized spacial score (nSPS) is 16.2. The van der Waals surface area contributed by atoms with Crippen LogP contribution in [0.5, 0.6) is 0 Å². The van der Waals surface area contributed by atoms with Crippen molar-refractivity contribution in [3.05, 3.63) is 76.4 Å². The molecule has 35 heavy (non-hydrogen) atoms. The summed E-state index contributed by atoms with van der Waals surface area (Å²) in [6.07, 6.45) is 5.34. The van der Waals surface area contributed by atoms with Gasteiger partial charge in [0.1, 0.15) is 11.6 Å². The summed E-state index contributed by atoms with van der Waals surface area (Å²) in [7, 11) is 0. The first-order valence-corrected chi connectivity index (χ1v) is 12.2. The number of aliphatic hydroxyl groups excluding tert-OH is 1. The lowest BCUT2D eigenvalue weighted by molar-refractivity contribution is -0.134. The smallest absolute Gasteiger partial charge is 0.408 e. The number of carbonyl (C=O) groups excluding carboxylic acids is 2. The summed E-state index contributed by atoms with van der Waals surface area (Å²) in [4.78, 5) is 27.3. The van der Waals surface area contributed by atoms with Crippen LogP contribution in [0.1, 0.15) is 62.3 Å². The third kappa shape index (κ3) is 5.82. The second-order valence-corrected chi connectivity index (χ2v) is 10.0. The molecule has 2 N–H and O–H groups in total. The van der Waals surface area contributed by atoms with Gasteiger partial charge in [-0.1, -0.05) is 66.3 Å². The number of likely N-dealkylation sites (tertiary alicyclic amines) is 1. The molecule has 0 saturated carbocycles. The molecule has 2 aromatic rings. The maximum absolute atomic E-state index is 13.2. The van der Waals surface area contributed by atoms with Crippen LogP contribution in [0.15, 0.2) is 54.1 Å². The number of benzene rings is 2. The van der Waals surface area contributed by atoms with E-state index in [1.165, 1.54) is 33.4 Å². The Morgan fingerprint density at radius 3 is 2.03 bits per heavy atom. The summed E-state index contributed by atoms with van der Waals surface area (Å²) in [6, 6.07) is 16.1. The molecule has 1 saturated heterocycles. The van der Waals surface area contributed by atoms with Gasteiger partial charge in [-0.3, -0.25) is 4.79 Å². The van der Waals surface area contributed by atoms with E-state index in [1.807, 2.05) is 0 Å². The van der Waals surface area contributed by atoms with Crippen LogP contribution in [0.4, 0.5) is 4.79 Å². The minimum absolute atomic E-state index is 0.148. The number of hydrogen-bond donors (Lipinski definition) is 2. The Hall–Kier alpha value is -3.38. The van der Waals surface area contributed by atoms with E-state index in [0.29, 0.717) is 13.1 Å². The zero-order valence-electron chi connectivity index (χ0n) is 20.7. The van der Waals surface area contributed by atoms with Gasteiger partial charge in [-0.2, -0.15) is 0 Å². The van der Waals surface area contributed by atoms with Crippen LogP contribution in [0.25, 0.3) is 17.7 Å². The van der Waals surface area contributed by atoms with Crippen molar-refractivity contribution in [1.29, 1.82) is 0 Å². The molecule has 2 aromatic carbocycles. The molecule has 0 spiro atoms. The van der Waals surface area contributed by atoms with Crippen molar-refractivity contribution in [2.24, 2.45) is 0 Å². The number of carbonyl (C=O) groups is 2. The number of fused-ring (bicyclic) bond motifs is 2. The van der Waals surface area contributed by atoms with Gasteiger partial charge in [-0.15, -0.1) is 0 Å². The fourth-order valence-corrected chi connectivity index (χ4v) is 4.75. The number of rotatable bonds is 4. The van der Waals surface area contributed by atoms with Gasteiger partial charge in [-0.05, 0) is 67.9 Å². The van der Waals surface area contributed by atoms with Crippen LogP contribution in [-0.4, -0.2) is 53.3 Å². The third-order valence-electron chi connectivity index (χ3n) is 6.34. The second-order valence-electron chi connectivity index (χ2n) is 10.0. The minimum atomic E-state index is -0.812. The number of ether oxygens (including phenoxy) is 1. The Bertz CT molecular complexity index is 1100. The fraction of sp³-hybridized carbons (Fsp3) is 0.379. The van der Waals surface area contributed by atoms with E-state index < -0.39 is 17.7 Å². The van der Waals surface area contributed by atoms with E-state index in [4.69, 9.17) is 4.74 Å². The molecule has 0 aromatic heterocycles. The molecule has 1 fully saturated rings. The van der Waals surface area contributed by atoms with Gasteiger partial charge < -0.3 is 20.1 Å². The summed E-state index contributed by atoms with van der Waals surface area (Å²) >= 11 is 0. The molecule has 0 bridgehead atoms. The van der Waals surface area contributed by atoms with Crippen LogP contribution < -0.4 is 5.32 Å². The molecule has 6 nitrogen and oxygen atoms in total. The largest absolute Gasteiger partial charge is 0.444 e. The van der Waals surface area contributed by atoms with Crippen molar-refractivity contribution in [3.8, 4) is 0 Å². The summed E-state index contributed by atoms with van der Waals surface area (Å²) in [5.41, 5.74) is 6.73. The predicted octanol–water partition coefficient (Wildman–Crippen LogP) is 4.87. The van der Waals surface area contributed by atoms with Crippen molar-refractivity contribution in [2.45, 2.75) is 51.7 Å².